The van der Waals surface area contributed by atoms with Gasteiger partial charge in [0, 0.05) is 19.0 Å². The molecule has 116 valence electrons. The van der Waals surface area contributed by atoms with Gasteiger partial charge in [-0.1, -0.05) is 60.7 Å². The van der Waals surface area contributed by atoms with Gasteiger partial charge in [-0.25, -0.2) is 0 Å². The normalized spacial score (nSPS) is 17.7. The molecule has 0 fully saturated rings. The first-order chi connectivity index (χ1) is 11.1. The van der Waals surface area contributed by atoms with Crippen LogP contribution in [0.2, 0.25) is 0 Å². The van der Waals surface area contributed by atoms with Crippen molar-refractivity contribution >= 4 is 17.4 Å². The van der Waals surface area contributed by atoms with Crippen molar-refractivity contribution in [2.24, 2.45) is 5.73 Å². The van der Waals surface area contributed by atoms with Crippen LogP contribution in [0.1, 0.15) is 17.5 Å². The van der Waals surface area contributed by atoms with E-state index in [1.807, 2.05) is 60.7 Å². The number of benzene rings is 2. The topological polar surface area (TPSA) is 63.4 Å². The van der Waals surface area contributed by atoms with Crippen molar-refractivity contribution in [2.45, 2.75) is 19.0 Å². The van der Waals surface area contributed by atoms with Gasteiger partial charge in [0.25, 0.3) is 0 Å². The predicted octanol–water partition coefficient (Wildman–Crippen LogP) is 2.36. The molecule has 23 heavy (non-hydrogen) atoms. The Kier molecular flexibility index (Phi) is 4.24. The van der Waals surface area contributed by atoms with E-state index in [0.717, 1.165) is 16.7 Å². The SMILES string of the molecule is NC(=O)C1CC(c2ccccc2)=CC(=O)N1Cc1ccccc1. The molecular formula is C19H18N2O2. The smallest absolute Gasteiger partial charge is 0.247 e. The van der Waals surface area contributed by atoms with Gasteiger partial charge in [0.05, 0.1) is 0 Å². The molecule has 2 aromatic rings. The Morgan fingerprint density at radius 3 is 2.26 bits per heavy atom. The first kappa shape index (κ1) is 15.0. The van der Waals surface area contributed by atoms with Gasteiger partial charge < -0.3 is 10.6 Å². The molecule has 1 heterocycles. The molecule has 1 atom stereocenters. The maximum atomic E-state index is 12.5. The van der Waals surface area contributed by atoms with E-state index in [1.54, 1.807) is 11.0 Å². The zero-order valence-corrected chi connectivity index (χ0v) is 12.7. The Bertz CT molecular complexity index is 738. The minimum absolute atomic E-state index is 0.178. The van der Waals surface area contributed by atoms with Crippen molar-refractivity contribution in [1.82, 2.24) is 4.90 Å². The van der Waals surface area contributed by atoms with Crippen LogP contribution in [0, 0.1) is 0 Å². The maximum Gasteiger partial charge on any atom is 0.247 e. The molecule has 2 aromatic carbocycles. The van der Waals surface area contributed by atoms with E-state index in [-0.39, 0.29) is 5.91 Å². The Morgan fingerprint density at radius 1 is 1.04 bits per heavy atom. The van der Waals surface area contributed by atoms with E-state index in [4.69, 9.17) is 5.73 Å². The molecule has 2 N–H and O–H groups in total. The summed E-state index contributed by atoms with van der Waals surface area (Å²) >= 11 is 0. The number of hydrogen-bond acceptors (Lipinski definition) is 2. The molecule has 2 amide bonds. The second-order valence-corrected chi connectivity index (χ2v) is 5.61. The number of rotatable bonds is 4. The van der Waals surface area contributed by atoms with E-state index in [0.29, 0.717) is 13.0 Å². The molecule has 4 heteroatoms. The quantitative estimate of drug-likeness (QED) is 0.942. The van der Waals surface area contributed by atoms with Crippen LogP contribution in [0.25, 0.3) is 5.57 Å². The number of carbonyl (C=O) groups excluding carboxylic acids is 2. The third kappa shape index (κ3) is 3.31. The molecule has 1 aliphatic heterocycles. The zero-order chi connectivity index (χ0) is 16.2. The first-order valence-electron chi connectivity index (χ1n) is 7.55. The van der Waals surface area contributed by atoms with Crippen molar-refractivity contribution in [3.05, 3.63) is 77.9 Å². The summed E-state index contributed by atoms with van der Waals surface area (Å²) in [7, 11) is 0. The van der Waals surface area contributed by atoms with Crippen molar-refractivity contribution < 1.29 is 9.59 Å². The minimum atomic E-state index is -0.622. The third-order valence-corrected chi connectivity index (χ3v) is 4.04. The Balaban J connectivity index is 1.90. The highest BCUT2D eigenvalue weighted by molar-refractivity contribution is 6.01. The van der Waals surface area contributed by atoms with E-state index < -0.39 is 11.9 Å². The zero-order valence-electron chi connectivity index (χ0n) is 12.7. The van der Waals surface area contributed by atoms with Crippen LogP contribution in [-0.4, -0.2) is 22.8 Å². The van der Waals surface area contributed by atoms with Crippen molar-refractivity contribution in [1.29, 1.82) is 0 Å². The van der Waals surface area contributed by atoms with E-state index in [2.05, 4.69) is 0 Å². The molecular weight excluding hydrogens is 288 g/mol. The van der Waals surface area contributed by atoms with Crippen LogP contribution >= 0.6 is 0 Å². The summed E-state index contributed by atoms with van der Waals surface area (Å²) in [4.78, 5) is 26.0. The van der Waals surface area contributed by atoms with Crippen LogP contribution < -0.4 is 5.73 Å². The second-order valence-electron chi connectivity index (χ2n) is 5.61. The van der Waals surface area contributed by atoms with Crippen molar-refractivity contribution in [3.63, 3.8) is 0 Å². The number of amides is 2. The van der Waals surface area contributed by atoms with Gasteiger partial charge in [-0.15, -0.1) is 0 Å². The Hall–Kier alpha value is -2.88. The summed E-state index contributed by atoms with van der Waals surface area (Å²) in [5, 5.41) is 0. The monoisotopic (exact) mass is 306 g/mol. The standard InChI is InChI=1S/C19H18N2O2/c20-19(23)17-11-16(15-9-5-2-6-10-15)12-18(22)21(17)13-14-7-3-1-4-8-14/h1-10,12,17H,11,13H2,(H2,20,23). The van der Waals surface area contributed by atoms with Gasteiger partial charge in [0.15, 0.2) is 0 Å². The Labute approximate surface area is 135 Å². The summed E-state index contributed by atoms with van der Waals surface area (Å²) in [5.41, 5.74) is 8.33. The summed E-state index contributed by atoms with van der Waals surface area (Å²) in [6.45, 7) is 0.381. The maximum absolute atomic E-state index is 12.5. The van der Waals surface area contributed by atoms with Crippen LogP contribution in [-0.2, 0) is 16.1 Å². The molecule has 1 aliphatic rings. The summed E-state index contributed by atoms with van der Waals surface area (Å²) in [6.07, 6.45) is 2.05. The highest BCUT2D eigenvalue weighted by atomic mass is 16.2. The largest absolute Gasteiger partial charge is 0.368 e. The van der Waals surface area contributed by atoms with Crippen molar-refractivity contribution in [2.75, 3.05) is 0 Å². The fourth-order valence-corrected chi connectivity index (χ4v) is 2.84. The summed E-state index contributed by atoms with van der Waals surface area (Å²) < 4.78 is 0. The van der Waals surface area contributed by atoms with Crippen LogP contribution in [0.4, 0.5) is 0 Å². The van der Waals surface area contributed by atoms with Crippen molar-refractivity contribution in [3.8, 4) is 0 Å². The molecule has 0 radical (unpaired) electrons. The van der Waals surface area contributed by atoms with Crippen LogP contribution in [0.15, 0.2) is 66.7 Å². The fraction of sp³-hybridized carbons (Fsp3) is 0.158. The minimum Gasteiger partial charge on any atom is -0.368 e. The van der Waals surface area contributed by atoms with Gasteiger partial charge in [0.1, 0.15) is 6.04 Å². The van der Waals surface area contributed by atoms with E-state index in [9.17, 15) is 9.59 Å². The lowest BCUT2D eigenvalue weighted by Crippen LogP contribution is -2.49. The molecule has 0 spiro atoms. The van der Waals surface area contributed by atoms with E-state index in [1.165, 1.54) is 0 Å². The number of primary amides is 1. The number of nitrogens with two attached hydrogens (primary N) is 1. The molecule has 3 rings (SSSR count). The predicted molar refractivity (Wildman–Crippen MR) is 89.0 cm³/mol. The van der Waals surface area contributed by atoms with Gasteiger partial charge >= 0.3 is 0 Å². The average molecular weight is 306 g/mol. The van der Waals surface area contributed by atoms with Gasteiger partial charge in [-0.3, -0.25) is 9.59 Å². The van der Waals surface area contributed by atoms with Gasteiger partial charge in [-0.05, 0) is 16.7 Å². The lowest BCUT2D eigenvalue weighted by molar-refractivity contribution is -0.136. The third-order valence-electron chi connectivity index (χ3n) is 4.04. The molecule has 0 aromatic heterocycles. The molecule has 0 bridgehead atoms. The van der Waals surface area contributed by atoms with Gasteiger partial charge in [-0.2, -0.15) is 0 Å². The molecule has 0 saturated heterocycles. The lowest BCUT2D eigenvalue weighted by atomic mass is 9.93. The number of carbonyl (C=O) groups is 2. The summed E-state index contributed by atoms with van der Waals surface area (Å²) in [5.74, 6) is -0.654. The highest BCUT2D eigenvalue weighted by Crippen LogP contribution is 2.28. The van der Waals surface area contributed by atoms with Crippen LogP contribution in [0.5, 0.6) is 0 Å². The average Bonchev–Trinajstić information content (AvgIpc) is 2.58. The molecule has 0 aliphatic carbocycles. The highest BCUT2D eigenvalue weighted by Gasteiger charge is 2.32. The lowest BCUT2D eigenvalue weighted by Gasteiger charge is -2.33. The van der Waals surface area contributed by atoms with Gasteiger partial charge in [0.2, 0.25) is 11.8 Å². The second kappa shape index (κ2) is 6.48. The molecule has 0 saturated carbocycles. The number of nitrogens with zero attached hydrogens (tertiary/aromatic N) is 1. The summed E-state index contributed by atoms with van der Waals surface area (Å²) in [6, 6.07) is 18.6. The molecule has 1 unspecified atom stereocenters. The first-order valence-corrected chi connectivity index (χ1v) is 7.55. The Morgan fingerprint density at radius 2 is 1.65 bits per heavy atom. The van der Waals surface area contributed by atoms with Crippen LogP contribution in [0.3, 0.4) is 0 Å². The van der Waals surface area contributed by atoms with E-state index >= 15 is 0 Å². The fourth-order valence-electron chi connectivity index (χ4n) is 2.84. The number of hydrogen-bond donors (Lipinski definition) is 1. The molecule has 4 nitrogen and oxygen atoms in total.